The van der Waals surface area contributed by atoms with Crippen LogP contribution in [0.3, 0.4) is 0 Å². The lowest BCUT2D eigenvalue weighted by Gasteiger charge is -2.42. The molecule has 0 aliphatic carbocycles. The molecule has 0 saturated carbocycles. The third-order valence-corrected chi connectivity index (χ3v) is 4.77. The van der Waals surface area contributed by atoms with E-state index in [1.165, 1.54) is 13.8 Å². The summed E-state index contributed by atoms with van der Waals surface area (Å²) in [6, 6.07) is 0. The largest absolute Gasteiger partial charge is 0.294 e. The molecule has 0 aromatic heterocycles. The molecule has 0 aromatic carbocycles. The van der Waals surface area contributed by atoms with Gasteiger partial charge in [0.15, 0.2) is 4.75 Å². The van der Waals surface area contributed by atoms with Gasteiger partial charge in [-0.2, -0.15) is 0 Å². The molecule has 0 bridgehead atoms. The van der Waals surface area contributed by atoms with Gasteiger partial charge < -0.3 is 0 Å². The van der Waals surface area contributed by atoms with Crippen molar-refractivity contribution in [3.63, 3.8) is 0 Å². The van der Waals surface area contributed by atoms with E-state index in [4.69, 9.17) is 5.84 Å². The van der Waals surface area contributed by atoms with Crippen molar-refractivity contribution in [1.29, 1.82) is 0 Å². The number of amides is 2. The summed E-state index contributed by atoms with van der Waals surface area (Å²) in [6.45, 7) is 2.52. The van der Waals surface area contributed by atoms with Crippen LogP contribution in [0.1, 0.15) is 20.3 Å². The van der Waals surface area contributed by atoms with E-state index < -0.39 is 26.6 Å². The smallest absolute Gasteiger partial charge is 0.258 e. The first-order valence-corrected chi connectivity index (χ1v) is 5.75. The van der Waals surface area contributed by atoms with Crippen molar-refractivity contribution in [3.05, 3.63) is 0 Å². The zero-order chi connectivity index (χ0) is 11.9. The van der Waals surface area contributed by atoms with Crippen LogP contribution in [-0.2, 0) is 19.6 Å². The maximum absolute atomic E-state index is 11.5. The molecule has 7 nitrogen and oxygen atoms in total. The molecular formula is C7H13N3O4S. The summed E-state index contributed by atoms with van der Waals surface area (Å²) in [7, 11) is -3.59. The standard InChI is InChI=1S/C7H13N3O4S/c1-7(2)6(12)10(15(7,13)14)4-3-5(11)9-8/h3-4,8H2,1-2H3,(H,9,11). The van der Waals surface area contributed by atoms with Crippen LogP contribution in [0.25, 0.3) is 0 Å². The second-order valence-electron chi connectivity index (χ2n) is 3.71. The highest BCUT2D eigenvalue weighted by molar-refractivity contribution is 7.94. The minimum Gasteiger partial charge on any atom is -0.294 e. The molecule has 1 rings (SSSR count). The van der Waals surface area contributed by atoms with Gasteiger partial charge in [0.2, 0.25) is 5.91 Å². The number of hydrogen-bond donors (Lipinski definition) is 2. The zero-order valence-corrected chi connectivity index (χ0v) is 9.30. The Bertz CT molecular complexity index is 400. The third-order valence-electron chi connectivity index (χ3n) is 2.38. The number of nitrogens with two attached hydrogens (primary N) is 1. The van der Waals surface area contributed by atoms with Gasteiger partial charge in [0.1, 0.15) is 0 Å². The zero-order valence-electron chi connectivity index (χ0n) is 8.48. The Morgan fingerprint density at radius 1 is 1.53 bits per heavy atom. The van der Waals surface area contributed by atoms with Crippen molar-refractivity contribution in [2.45, 2.75) is 25.0 Å². The van der Waals surface area contributed by atoms with E-state index in [0.29, 0.717) is 4.31 Å². The Hall–Kier alpha value is -1.15. The summed E-state index contributed by atoms with van der Waals surface area (Å²) < 4.78 is 22.4. The molecule has 1 fully saturated rings. The van der Waals surface area contributed by atoms with Crippen molar-refractivity contribution in [2.75, 3.05) is 6.54 Å². The van der Waals surface area contributed by atoms with Crippen LogP contribution in [-0.4, -0.2) is 35.8 Å². The van der Waals surface area contributed by atoms with Gasteiger partial charge in [-0.25, -0.2) is 18.6 Å². The predicted octanol–water partition coefficient (Wildman–Crippen LogP) is -1.68. The fourth-order valence-electron chi connectivity index (χ4n) is 1.25. The molecule has 1 aliphatic heterocycles. The summed E-state index contributed by atoms with van der Waals surface area (Å²) in [6.07, 6.45) is -0.127. The Balaban J connectivity index is 2.68. The average Bonchev–Trinajstić information content (AvgIpc) is 2.16. The number of hydrazine groups is 1. The Labute approximate surface area is 87.6 Å². The highest BCUT2D eigenvalue weighted by Gasteiger charge is 2.59. The molecule has 0 spiro atoms. The number of nitrogens with zero attached hydrogens (tertiary/aromatic N) is 1. The number of nitrogens with one attached hydrogen (secondary N) is 1. The molecule has 0 aromatic rings. The highest BCUT2D eigenvalue weighted by Crippen LogP contribution is 2.34. The van der Waals surface area contributed by atoms with E-state index in [2.05, 4.69) is 0 Å². The van der Waals surface area contributed by atoms with Gasteiger partial charge >= 0.3 is 0 Å². The van der Waals surface area contributed by atoms with Crippen molar-refractivity contribution in [2.24, 2.45) is 5.84 Å². The first-order valence-electron chi connectivity index (χ1n) is 4.31. The molecular weight excluding hydrogens is 222 g/mol. The molecule has 1 saturated heterocycles. The first kappa shape index (κ1) is 11.9. The summed E-state index contributed by atoms with van der Waals surface area (Å²) in [5.41, 5.74) is 1.86. The topological polar surface area (TPSA) is 110 Å². The number of sulfonamides is 1. The summed E-state index contributed by atoms with van der Waals surface area (Å²) in [5, 5.41) is 0. The number of carbonyl (C=O) groups is 2. The fraction of sp³-hybridized carbons (Fsp3) is 0.714. The van der Waals surface area contributed by atoms with Crippen LogP contribution in [0.4, 0.5) is 0 Å². The van der Waals surface area contributed by atoms with E-state index in [9.17, 15) is 18.0 Å². The van der Waals surface area contributed by atoms with E-state index in [1.807, 2.05) is 5.43 Å². The van der Waals surface area contributed by atoms with Crippen molar-refractivity contribution in [1.82, 2.24) is 9.73 Å². The lowest BCUT2D eigenvalue weighted by atomic mass is 10.2. The van der Waals surface area contributed by atoms with Crippen LogP contribution in [0, 0.1) is 0 Å². The predicted molar refractivity (Wildman–Crippen MR) is 51.7 cm³/mol. The van der Waals surface area contributed by atoms with Crippen LogP contribution >= 0.6 is 0 Å². The molecule has 15 heavy (non-hydrogen) atoms. The Morgan fingerprint density at radius 3 is 2.47 bits per heavy atom. The maximum Gasteiger partial charge on any atom is 0.258 e. The lowest BCUT2D eigenvalue weighted by molar-refractivity contribution is -0.132. The lowest BCUT2D eigenvalue weighted by Crippen LogP contribution is -2.67. The summed E-state index contributed by atoms with van der Waals surface area (Å²) in [4.78, 5) is 22.2. The van der Waals surface area contributed by atoms with Crippen molar-refractivity contribution in [3.8, 4) is 0 Å². The van der Waals surface area contributed by atoms with Crippen molar-refractivity contribution >= 4 is 21.8 Å². The van der Waals surface area contributed by atoms with E-state index in [0.717, 1.165) is 0 Å². The monoisotopic (exact) mass is 235 g/mol. The first-order chi connectivity index (χ1) is 6.75. The second-order valence-corrected chi connectivity index (χ2v) is 6.12. The highest BCUT2D eigenvalue weighted by atomic mass is 32.2. The minimum absolute atomic E-state index is 0.127. The normalized spacial score (nSPS) is 22.1. The van der Waals surface area contributed by atoms with Crippen molar-refractivity contribution < 1.29 is 18.0 Å². The molecule has 3 N–H and O–H groups in total. The molecule has 0 radical (unpaired) electrons. The Kier molecular flexibility index (Phi) is 2.75. The van der Waals surface area contributed by atoms with Crippen LogP contribution in [0.2, 0.25) is 0 Å². The summed E-state index contributed by atoms with van der Waals surface area (Å²) >= 11 is 0. The van der Waals surface area contributed by atoms with E-state index in [1.54, 1.807) is 0 Å². The number of hydrogen-bond acceptors (Lipinski definition) is 5. The van der Waals surface area contributed by atoms with Gasteiger partial charge in [0, 0.05) is 13.0 Å². The molecule has 0 unspecified atom stereocenters. The van der Waals surface area contributed by atoms with Gasteiger partial charge in [-0.05, 0) is 13.8 Å². The SMILES string of the molecule is CC1(C)C(=O)N(CCC(=O)NN)S1(=O)=O. The van der Waals surface area contributed by atoms with Gasteiger partial charge in [0.25, 0.3) is 15.9 Å². The molecule has 0 atom stereocenters. The minimum atomic E-state index is -3.59. The van der Waals surface area contributed by atoms with E-state index in [-0.39, 0.29) is 13.0 Å². The van der Waals surface area contributed by atoms with Gasteiger partial charge in [0.05, 0.1) is 0 Å². The fourth-order valence-corrected chi connectivity index (χ4v) is 2.78. The molecule has 8 heteroatoms. The van der Waals surface area contributed by atoms with Crippen LogP contribution < -0.4 is 11.3 Å². The van der Waals surface area contributed by atoms with Gasteiger partial charge in [-0.3, -0.25) is 15.0 Å². The van der Waals surface area contributed by atoms with Crippen LogP contribution in [0.15, 0.2) is 0 Å². The van der Waals surface area contributed by atoms with Gasteiger partial charge in [-0.1, -0.05) is 0 Å². The maximum atomic E-state index is 11.5. The summed E-state index contributed by atoms with van der Waals surface area (Å²) in [5.74, 6) is 3.82. The quantitative estimate of drug-likeness (QED) is 0.345. The molecule has 2 amide bonds. The second kappa shape index (κ2) is 3.46. The molecule has 86 valence electrons. The number of rotatable bonds is 3. The Morgan fingerprint density at radius 2 is 2.07 bits per heavy atom. The average molecular weight is 235 g/mol. The molecule has 1 aliphatic rings. The van der Waals surface area contributed by atoms with E-state index >= 15 is 0 Å². The van der Waals surface area contributed by atoms with Gasteiger partial charge in [-0.15, -0.1) is 0 Å². The van der Waals surface area contributed by atoms with Crippen LogP contribution in [0.5, 0.6) is 0 Å². The number of carbonyl (C=O) groups excluding carboxylic acids is 2. The molecule has 1 heterocycles. The third kappa shape index (κ3) is 1.59.